The number of fused-ring (bicyclic) bond motifs is 1. The first kappa shape index (κ1) is 24.8. The second-order valence-corrected chi connectivity index (χ2v) is 9.10. The molecule has 7 nitrogen and oxygen atoms in total. The van der Waals surface area contributed by atoms with Crippen LogP contribution in [-0.2, 0) is 22.7 Å². The molecule has 0 fully saturated rings. The number of nitrogens with zero attached hydrogens (tertiary/aromatic N) is 1. The number of urea groups is 1. The number of hydrogen-bond donors (Lipinski definition) is 2. The minimum atomic E-state index is -1.02. The summed E-state index contributed by atoms with van der Waals surface area (Å²) in [6.07, 6.45) is 0. The summed E-state index contributed by atoms with van der Waals surface area (Å²) in [6, 6.07) is 28.3. The maximum Gasteiger partial charge on any atom is 0.338 e. The lowest BCUT2D eigenvalue weighted by Crippen LogP contribution is -2.47. The van der Waals surface area contributed by atoms with Crippen molar-refractivity contribution >= 4 is 28.7 Å². The van der Waals surface area contributed by atoms with Gasteiger partial charge in [0.1, 0.15) is 6.61 Å². The molecule has 2 N–H and O–H groups in total. The summed E-state index contributed by atoms with van der Waals surface area (Å²) in [5, 5.41) is 14.1. The molecule has 7 heteroatoms. The summed E-state index contributed by atoms with van der Waals surface area (Å²) in [4.78, 5) is 39.7. The third kappa shape index (κ3) is 4.99. The Balaban J connectivity index is 1.53. The van der Waals surface area contributed by atoms with Gasteiger partial charge < -0.3 is 15.2 Å². The molecule has 1 aliphatic rings. The fraction of sp³-hybridized carbons (Fsp3) is 0.129. The predicted octanol–water partition coefficient (Wildman–Crippen LogP) is 5.82. The van der Waals surface area contributed by atoms with E-state index >= 15 is 0 Å². The summed E-state index contributed by atoms with van der Waals surface area (Å²) in [5.41, 5.74) is 3.37. The number of carboxylic acid groups (broad SMARTS) is 1. The molecule has 0 saturated carbocycles. The van der Waals surface area contributed by atoms with Crippen LogP contribution in [0.15, 0.2) is 108 Å². The Morgan fingerprint density at radius 2 is 1.55 bits per heavy atom. The summed E-state index contributed by atoms with van der Waals surface area (Å²) < 4.78 is 5.74. The molecule has 1 unspecified atom stereocenters. The smallest absolute Gasteiger partial charge is 0.338 e. The third-order valence-corrected chi connectivity index (χ3v) is 6.70. The number of benzene rings is 4. The molecule has 0 saturated heterocycles. The van der Waals surface area contributed by atoms with E-state index in [1.807, 2.05) is 72.8 Å². The zero-order valence-electron chi connectivity index (χ0n) is 20.8. The van der Waals surface area contributed by atoms with E-state index in [4.69, 9.17) is 4.74 Å². The van der Waals surface area contributed by atoms with Crippen molar-refractivity contribution in [2.45, 2.75) is 26.1 Å². The number of aromatic carboxylic acids is 1. The van der Waals surface area contributed by atoms with Crippen molar-refractivity contribution in [2.75, 3.05) is 0 Å². The molecule has 0 radical (unpaired) electrons. The molecule has 5 rings (SSSR count). The number of carbonyl (C=O) groups is 3. The van der Waals surface area contributed by atoms with E-state index in [2.05, 4.69) is 5.32 Å². The number of ether oxygens (including phenoxy) is 1. The molecule has 1 heterocycles. The fourth-order valence-corrected chi connectivity index (χ4v) is 4.71. The van der Waals surface area contributed by atoms with Gasteiger partial charge in [0.2, 0.25) is 0 Å². The van der Waals surface area contributed by atoms with Crippen LogP contribution in [0.25, 0.3) is 10.8 Å². The van der Waals surface area contributed by atoms with Crippen LogP contribution in [0, 0.1) is 0 Å². The van der Waals surface area contributed by atoms with E-state index in [1.165, 1.54) is 17.0 Å². The molecule has 4 aromatic rings. The Hall–Kier alpha value is -4.91. The van der Waals surface area contributed by atoms with E-state index in [0.717, 1.165) is 27.5 Å². The van der Waals surface area contributed by atoms with Crippen molar-refractivity contribution < 1.29 is 24.2 Å². The van der Waals surface area contributed by atoms with Crippen molar-refractivity contribution in [2.24, 2.45) is 0 Å². The first-order valence-electron chi connectivity index (χ1n) is 12.2. The van der Waals surface area contributed by atoms with Gasteiger partial charge in [-0.3, -0.25) is 4.90 Å². The quantitative estimate of drug-likeness (QED) is 0.308. The van der Waals surface area contributed by atoms with Gasteiger partial charge in [-0.2, -0.15) is 0 Å². The summed E-state index contributed by atoms with van der Waals surface area (Å²) in [7, 11) is 0. The molecular weight excluding hydrogens is 480 g/mol. The minimum absolute atomic E-state index is 0.101. The van der Waals surface area contributed by atoms with E-state index in [-0.39, 0.29) is 24.7 Å². The molecule has 1 aliphatic heterocycles. The van der Waals surface area contributed by atoms with Crippen LogP contribution in [0.2, 0.25) is 0 Å². The largest absolute Gasteiger partial charge is 0.478 e. The lowest BCUT2D eigenvalue weighted by molar-refractivity contribution is -0.141. The molecule has 190 valence electrons. The molecule has 0 aromatic heterocycles. The standard InChI is InChI=1S/C31H26N2O5/c1-20-27(30(36)38-19-22-8-3-2-4-9-22)28(26-13-7-11-23-10-5-6-12-25(23)26)32-31(37)33(20)18-21-14-16-24(17-15-21)29(34)35/h2-17,28H,18-19H2,1H3,(H,32,37)(H,34,35). The number of nitrogens with one attached hydrogen (secondary N) is 1. The van der Waals surface area contributed by atoms with Crippen molar-refractivity contribution in [3.63, 3.8) is 0 Å². The highest BCUT2D eigenvalue weighted by Crippen LogP contribution is 2.35. The van der Waals surface area contributed by atoms with Gasteiger partial charge in [0, 0.05) is 5.70 Å². The maximum absolute atomic E-state index is 13.6. The van der Waals surface area contributed by atoms with Crippen molar-refractivity contribution in [3.8, 4) is 0 Å². The van der Waals surface area contributed by atoms with Crippen LogP contribution >= 0.6 is 0 Å². The number of rotatable bonds is 7. The first-order chi connectivity index (χ1) is 18.4. The molecule has 2 amide bonds. The third-order valence-electron chi connectivity index (χ3n) is 6.70. The SMILES string of the molecule is CC1=C(C(=O)OCc2ccccc2)C(c2cccc3ccccc23)NC(=O)N1Cc1ccc(C(=O)O)cc1. The van der Waals surface area contributed by atoms with Crippen LogP contribution in [0.4, 0.5) is 4.79 Å². The Morgan fingerprint density at radius 3 is 2.29 bits per heavy atom. The van der Waals surface area contributed by atoms with E-state index < -0.39 is 18.0 Å². The highest BCUT2D eigenvalue weighted by atomic mass is 16.5. The van der Waals surface area contributed by atoms with Crippen LogP contribution in [0.3, 0.4) is 0 Å². The van der Waals surface area contributed by atoms with E-state index in [9.17, 15) is 19.5 Å². The maximum atomic E-state index is 13.6. The summed E-state index contributed by atoms with van der Waals surface area (Å²) >= 11 is 0. The summed E-state index contributed by atoms with van der Waals surface area (Å²) in [5.74, 6) is -1.54. The fourth-order valence-electron chi connectivity index (χ4n) is 4.71. The molecule has 0 bridgehead atoms. The normalized spacial score (nSPS) is 15.3. The predicted molar refractivity (Wildman–Crippen MR) is 143 cm³/mol. The van der Waals surface area contributed by atoms with Crippen molar-refractivity contribution in [3.05, 3.63) is 131 Å². The van der Waals surface area contributed by atoms with Crippen LogP contribution in [0.5, 0.6) is 0 Å². The lowest BCUT2D eigenvalue weighted by Gasteiger charge is -2.36. The molecule has 0 spiro atoms. The molecule has 4 aromatic carbocycles. The van der Waals surface area contributed by atoms with Crippen LogP contribution in [-0.4, -0.2) is 28.0 Å². The van der Waals surface area contributed by atoms with Crippen molar-refractivity contribution in [1.29, 1.82) is 0 Å². The van der Waals surface area contributed by atoms with Gasteiger partial charge in [0.25, 0.3) is 0 Å². The summed E-state index contributed by atoms with van der Waals surface area (Å²) in [6.45, 7) is 2.00. The number of allylic oxidation sites excluding steroid dienone is 1. The number of carboxylic acids is 1. The van der Waals surface area contributed by atoms with Crippen LogP contribution < -0.4 is 5.32 Å². The molecular formula is C31H26N2O5. The highest BCUT2D eigenvalue weighted by molar-refractivity contribution is 5.97. The zero-order chi connectivity index (χ0) is 26.6. The number of hydrogen-bond acceptors (Lipinski definition) is 4. The van der Waals surface area contributed by atoms with Crippen LogP contribution in [0.1, 0.15) is 40.0 Å². The Labute approximate surface area is 220 Å². The van der Waals surface area contributed by atoms with E-state index in [0.29, 0.717) is 11.3 Å². The van der Waals surface area contributed by atoms with Gasteiger partial charge in [-0.1, -0.05) is 84.9 Å². The van der Waals surface area contributed by atoms with Crippen molar-refractivity contribution in [1.82, 2.24) is 10.2 Å². The van der Waals surface area contributed by atoms with Gasteiger partial charge in [0.15, 0.2) is 0 Å². The molecule has 0 aliphatic carbocycles. The monoisotopic (exact) mass is 506 g/mol. The van der Waals surface area contributed by atoms with Gasteiger partial charge in [-0.25, -0.2) is 14.4 Å². The van der Waals surface area contributed by atoms with E-state index in [1.54, 1.807) is 19.1 Å². The van der Waals surface area contributed by atoms with Gasteiger partial charge in [0.05, 0.1) is 23.7 Å². The average molecular weight is 507 g/mol. The Morgan fingerprint density at radius 1 is 0.868 bits per heavy atom. The second-order valence-electron chi connectivity index (χ2n) is 9.10. The lowest BCUT2D eigenvalue weighted by atomic mass is 9.91. The molecule has 1 atom stereocenters. The zero-order valence-corrected chi connectivity index (χ0v) is 20.8. The first-order valence-corrected chi connectivity index (χ1v) is 12.2. The number of carbonyl (C=O) groups excluding carboxylic acids is 2. The minimum Gasteiger partial charge on any atom is -0.478 e. The van der Waals surface area contributed by atoms with Gasteiger partial charge in [-0.15, -0.1) is 0 Å². The van der Waals surface area contributed by atoms with Gasteiger partial charge >= 0.3 is 18.0 Å². The average Bonchev–Trinajstić information content (AvgIpc) is 2.94. The highest BCUT2D eigenvalue weighted by Gasteiger charge is 2.37. The van der Waals surface area contributed by atoms with Gasteiger partial charge in [-0.05, 0) is 46.5 Å². The Bertz CT molecular complexity index is 1540. The second kappa shape index (κ2) is 10.6. The molecule has 38 heavy (non-hydrogen) atoms. The topological polar surface area (TPSA) is 95.9 Å². The number of amides is 2. The number of esters is 1. The Kier molecular flexibility index (Phi) is 6.91.